The summed E-state index contributed by atoms with van der Waals surface area (Å²) in [6.45, 7) is 2.76. The summed E-state index contributed by atoms with van der Waals surface area (Å²) < 4.78 is 0. The lowest BCUT2D eigenvalue weighted by molar-refractivity contribution is 0.0675. The molecule has 1 aliphatic rings. The molecule has 2 atom stereocenters. The van der Waals surface area contributed by atoms with Crippen molar-refractivity contribution in [2.24, 2.45) is 5.92 Å². The van der Waals surface area contributed by atoms with Gasteiger partial charge >= 0.3 is 0 Å². The molecule has 6 nitrogen and oxygen atoms in total. The zero-order valence-electron chi connectivity index (χ0n) is 16.9. The molecule has 0 aliphatic carbocycles. The van der Waals surface area contributed by atoms with Crippen LogP contribution >= 0.6 is 0 Å². The average molecular weight is 403 g/mol. The molecule has 2 aromatic carbocycles. The van der Waals surface area contributed by atoms with Crippen LogP contribution in [0.1, 0.15) is 47.3 Å². The molecule has 1 amide bonds. The number of carbonyl (C=O) groups excluding carboxylic acids is 1. The second-order valence-electron chi connectivity index (χ2n) is 7.82. The van der Waals surface area contributed by atoms with E-state index in [-0.39, 0.29) is 29.5 Å². The smallest absolute Gasteiger partial charge is 0.276 e. The Morgan fingerprint density at radius 3 is 2.30 bits per heavy atom. The molecule has 2 N–H and O–H groups in total. The molecule has 3 aromatic rings. The Balaban J connectivity index is 1.69. The molecule has 0 unspecified atom stereocenters. The summed E-state index contributed by atoms with van der Waals surface area (Å²) in [7, 11) is 0. The van der Waals surface area contributed by atoms with Crippen LogP contribution < -0.4 is 5.43 Å². The Morgan fingerprint density at radius 2 is 1.70 bits per heavy atom. The minimum atomic E-state index is -0.660. The van der Waals surface area contributed by atoms with Crippen LogP contribution in [-0.2, 0) is 0 Å². The van der Waals surface area contributed by atoms with E-state index in [4.69, 9.17) is 0 Å². The number of nitrogens with one attached hydrogen (secondary N) is 1. The van der Waals surface area contributed by atoms with E-state index in [1.165, 1.54) is 11.1 Å². The number of benzene rings is 2. The number of aromatic amines is 1. The topological polar surface area (TPSA) is 86.3 Å². The maximum Gasteiger partial charge on any atom is 0.276 e. The van der Waals surface area contributed by atoms with Crippen molar-refractivity contribution >= 4 is 5.91 Å². The zero-order valence-corrected chi connectivity index (χ0v) is 16.9. The first-order chi connectivity index (χ1) is 14.6. The molecule has 1 saturated heterocycles. The van der Waals surface area contributed by atoms with Gasteiger partial charge in [-0.05, 0) is 29.9 Å². The highest BCUT2D eigenvalue weighted by Gasteiger charge is 2.38. The van der Waals surface area contributed by atoms with Crippen molar-refractivity contribution in [3.8, 4) is 5.75 Å². The van der Waals surface area contributed by atoms with Gasteiger partial charge in [-0.2, -0.15) is 5.10 Å². The van der Waals surface area contributed by atoms with Gasteiger partial charge in [-0.25, -0.2) is 0 Å². The standard InChI is InChI=1S/C24H25N3O3/c1-16(21(17-9-4-2-5-10-17)18-11-6-3-7-12-18)19-13-8-14-27(19)24(30)22-23(29)20(28)15-25-26-22/h2-7,9-12,15-16,19,21H,8,13-14H2,1H3,(H,25,29)(H,26,28)/t16-,19+/m0/s1. The number of aromatic hydroxyl groups is 1. The molecule has 1 aliphatic heterocycles. The lowest BCUT2D eigenvalue weighted by Crippen LogP contribution is -2.42. The van der Waals surface area contributed by atoms with Crippen molar-refractivity contribution in [1.29, 1.82) is 0 Å². The van der Waals surface area contributed by atoms with Gasteiger partial charge < -0.3 is 10.0 Å². The number of nitrogens with zero attached hydrogens (tertiary/aromatic N) is 2. The number of hydrogen-bond acceptors (Lipinski definition) is 4. The maximum absolute atomic E-state index is 13.2. The highest BCUT2D eigenvalue weighted by Crippen LogP contribution is 2.39. The Labute approximate surface area is 175 Å². The summed E-state index contributed by atoms with van der Waals surface area (Å²) in [5.74, 6) is -0.706. The molecule has 2 heterocycles. The number of likely N-dealkylation sites (tertiary alicyclic amines) is 1. The van der Waals surface area contributed by atoms with Gasteiger partial charge in [0.15, 0.2) is 11.4 Å². The average Bonchev–Trinajstić information content (AvgIpc) is 3.27. The van der Waals surface area contributed by atoms with Gasteiger partial charge in [0.2, 0.25) is 5.43 Å². The first kappa shape index (κ1) is 19.9. The quantitative estimate of drug-likeness (QED) is 0.682. The minimum Gasteiger partial charge on any atom is -0.502 e. The van der Waals surface area contributed by atoms with E-state index in [1.807, 2.05) is 36.4 Å². The summed E-state index contributed by atoms with van der Waals surface area (Å²) >= 11 is 0. The van der Waals surface area contributed by atoms with E-state index >= 15 is 0 Å². The van der Waals surface area contributed by atoms with Crippen molar-refractivity contribution in [3.05, 3.63) is 93.9 Å². The SMILES string of the molecule is C[C@H](C(c1ccccc1)c1ccccc1)[C@H]1CCCN1C(=O)c1[nH]ncc(=O)c1O. The van der Waals surface area contributed by atoms with Crippen LogP contribution in [0.4, 0.5) is 0 Å². The highest BCUT2D eigenvalue weighted by molar-refractivity contribution is 5.95. The third-order valence-electron chi connectivity index (χ3n) is 6.05. The van der Waals surface area contributed by atoms with E-state index in [1.54, 1.807) is 4.90 Å². The third-order valence-corrected chi connectivity index (χ3v) is 6.05. The van der Waals surface area contributed by atoms with E-state index in [0.717, 1.165) is 19.0 Å². The van der Waals surface area contributed by atoms with Crippen molar-refractivity contribution in [3.63, 3.8) is 0 Å². The normalized spacial score (nSPS) is 17.3. The molecule has 4 rings (SSSR count). The van der Waals surface area contributed by atoms with Crippen LogP contribution in [0.3, 0.4) is 0 Å². The molecule has 0 saturated carbocycles. The summed E-state index contributed by atoms with van der Waals surface area (Å²) in [5, 5.41) is 16.3. The second kappa shape index (κ2) is 8.53. The monoisotopic (exact) mass is 403 g/mol. The van der Waals surface area contributed by atoms with Crippen LogP contribution in [0.15, 0.2) is 71.7 Å². The fraction of sp³-hybridized carbons (Fsp3) is 0.292. The van der Waals surface area contributed by atoms with Crippen molar-refractivity contribution in [2.75, 3.05) is 6.54 Å². The number of hydrogen-bond donors (Lipinski definition) is 2. The highest BCUT2D eigenvalue weighted by atomic mass is 16.3. The van der Waals surface area contributed by atoms with Gasteiger partial charge in [0.25, 0.3) is 5.91 Å². The molecular formula is C24H25N3O3. The zero-order chi connectivity index (χ0) is 21.1. The number of amides is 1. The van der Waals surface area contributed by atoms with Crippen molar-refractivity contribution in [1.82, 2.24) is 15.1 Å². The first-order valence-corrected chi connectivity index (χ1v) is 10.3. The lowest BCUT2D eigenvalue weighted by Gasteiger charge is -2.35. The molecule has 0 bridgehead atoms. The fourth-order valence-corrected chi connectivity index (χ4v) is 4.62. The minimum absolute atomic E-state index is 0.0222. The van der Waals surface area contributed by atoms with Gasteiger partial charge in [-0.15, -0.1) is 0 Å². The predicted molar refractivity (Wildman–Crippen MR) is 114 cm³/mol. The molecule has 6 heteroatoms. The van der Waals surface area contributed by atoms with Crippen LogP contribution in [0.5, 0.6) is 5.75 Å². The largest absolute Gasteiger partial charge is 0.502 e. The van der Waals surface area contributed by atoms with E-state index in [9.17, 15) is 14.7 Å². The van der Waals surface area contributed by atoms with Gasteiger partial charge in [-0.3, -0.25) is 14.7 Å². The first-order valence-electron chi connectivity index (χ1n) is 10.3. The molecule has 154 valence electrons. The third kappa shape index (κ3) is 3.73. The van der Waals surface area contributed by atoms with Crippen LogP contribution in [0.2, 0.25) is 0 Å². The van der Waals surface area contributed by atoms with E-state index in [2.05, 4.69) is 41.4 Å². The Hall–Kier alpha value is -3.41. The molecule has 30 heavy (non-hydrogen) atoms. The second-order valence-corrected chi connectivity index (χ2v) is 7.82. The Bertz CT molecular complexity index is 1030. The number of aromatic nitrogens is 2. The summed E-state index contributed by atoms with van der Waals surface area (Å²) in [6.07, 6.45) is 2.72. The fourth-order valence-electron chi connectivity index (χ4n) is 4.62. The van der Waals surface area contributed by atoms with Gasteiger partial charge in [-0.1, -0.05) is 67.6 Å². The predicted octanol–water partition coefficient (Wildman–Crippen LogP) is 3.55. The van der Waals surface area contributed by atoms with Gasteiger partial charge in [0, 0.05) is 18.5 Å². The molecule has 0 spiro atoms. The van der Waals surface area contributed by atoms with Crippen molar-refractivity contribution < 1.29 is 9.90 Å². The Morgan fingerprint density at radius 1 is 1.10 bits per heavy atom. The van der Waals surface area contributed by atoms with Crippen molar-refractivity contribution in [2.45, 2.75) is 31.7 Å². The van der Waals surface area contributed by atoms with Crippen LogP contribution in [0, 0.1) is 5.92 Å². The number of carbonyl (C=O) groups is 1. The molecule has 1 aromatic heterocycles. The lowest BCUT2D eigenvalue weighted by atomic mass is 9.77. The van der Waals surface area contributed by atoms with E-state index in [0.29, 0.717) is 6.54 Å². The number of H-pyrrole nitrogens is 1. The maximum atomic E-state index is 13.2. The molecule has 1 fully saturated rings. The van der Waals surface area contributed by atoms with Crippen LogP contribution in [-0.4, -0.2) is 38.7 Å². The Kier molecular flexibility index (Phi) is 5.65. The van der Waals surface area contributed by atoms with Crippen LogP contribution in [0.25, 0.3) is 0 Å². The number of rotatable bonds is 5. The summed E-state index contributed by atoms with van der Waals surface area (Å²) in [6, 6.07) is 20.6. The summed E-state index contributed by atoms with van der Waals surface area (Å²) in [4.78, 5) is 26.7. The summed E-state index contributed by atoms with van der Waals surface area (Å²) in [5.41, 5.74) is 1.60. The van der Waals surface area contributed by atoms with E-state index < -0.39 is 11.2 Å². The molecule has 0 radical (unpaired) electrons. The molecular weight excluding hydrogens is 378 g/mol. The van der Waals surface area contributed by atoms with Gasteiger partial charge in [0.1, 0.15) is 0 Å². The van der Waals surface area contributed by atoms with Gasteiger partial charge in [0.05, 0.1) is 6.20 Å².